The molecule has 3 N–H and O–H groups in total. The number of carbonyl (C=O) groups excluding carboxylic acids is 1. The number of nitrogens with two attached hydrogens (primary N) is 1. The molecule has 4 nitrogen and oxygen atoms in total. The molecule has 4 heteroatoms. The second kappa shape index (κ2) is 5.61. The van der Waals surface area contributed by atoms with Crippen LogP contribution < -0.4 is 15.8 Å². The highest BCUT2D eigenvalue weighted by Gasteiger charge is 2.26. The van der Waals surface area contributed by atoms with Crippen molar-refractivity contribution in [1.29, 1.82) is 0 Å². The summed E-state index contributed by atoms with van der Waals surface area (Å²) in [6, 6.07) is 6.20. The van der Waals surface area contributed by atoms with Gasteiger partial charge in [0.15, 0.2) is 6.10 Å². The number of nitrogens with one attached hydrogen (secondary N) is 1. The Balaban J connectivity index is 1.99. The third-order valence-electron chi connectivity index (χ3n) is 3.32. The number of aryl methyl sites for hydroxylation is 1. The average molecular weight is 262 g/mol. The Hall–Kier alpha value is -1.55. The molecule has 1 aliphatic carbocycles. The molecule has 1 saturated carbocycles. The number of rotatable bonds is 5. The van der Waals surface area contributed by atoms with Crippen molar-refractivity contribution in [3.8, 4) is 5.75 Å². The van der Waals surface area contributed by atoms with Gasteiger partial charge in [0, 0.05) is 12.1 Å². The summed E-state index contributed by atoms with van der Waals surface area (Å²) >= 11 is 0. The number of hydrogen-bond donors (Lipinski definition) is 2. The third-order valence-corrected chi connectivity index (χ3v) is 3.32. The van der Waals surface area contributed by atoms with Crippen LogP contribution in [-0.2, 0) is 4.79 Å². The van der Waals surface area contributed by atoms with E-state index in [-0.39, 0.29) is 11.9 Å². The molecule has 2 rings (SSSR count). The number of hydrogen-bond acceptors (Lipinski definition) is 3. The lowest BCUT2D eigenvalue weighted by Crippen LogP contribution is -2.37. The zero-order valence-electron chi connectivity index (χ0n) is 11.8. The molecule has 0 heterocycles. The van der Waals surface area contributed by atoms with Crippen LogP contribution in [0.25, 0.3) is 0 Å². The highest BCUT2D eigenvalue weighted by atomic mass is 16.5. The van der Waals surface area contributed by atoms with E-state index in [0.29, 0.717) is 6.04 Å². The summed E-state index contributed by atoms with van der Waals surface area (Å²) in [4.78, 5) is 11.8. The van der Waals surface area contributed by atoms with E-state index in [0.717, 1.165) is 29.7 Å². The number of carbonyl (C=O) groups is 1. The molecule has 1 aromatic rings. The minimum absolute atomic E-state index is 0.00309. The van der Waals surface area contributed by atoms with E-state index in [2.05, 4.69) is 5.32 Å². The van der Waals surface area contributed by atoms with Gasteiger partial charge in [0.25, 0.3) is 5.91 Å². The zero-order chi connectivity index (χ0) is 14.0. The molecule has 0 aliphatic heterocycles. The van der Waals surface area contributed by atoms with E-state index in [1.807, 2.05) is 32.0 Å². The summed E-state index contributed by atoms with van der Waals surface area (Å²) in [5.74, 6) is 0.695. The maximum atomic E-state index is 11.8. The van der Waals surface area contributed by atoms with Crippen molar-refractivity contribution in [1.82, 2.24) is 5.32 Å². The van der Waals surface area contributed by atoms with Crippen molar-refractivity contribution in [2.24, 2.45) is 5.73 Å². The Morgan fingerprint density at radius 2 is 2.11 bits per heavy atom. The SMILES string of the molecule is Cc1cc([C@H](C)N)ccc1OC(C)C(=O)NC1CC1. The summed E-state index contributed by atoms with van der Waals surface area (Å²) in [6.45, 7) is 5.68. The minimum Gasteiger partial charge on any atom is -0.481 e. The number of ether oxygens (including phenoxy) is 1. The highest BCUT2D eigenvalue weighted by Crippen LogP contribution is 2.23. The fourth-order valence-electron chi connectivity index (χ4n) is 1.88. The average Bonchev–Trinajstić information content (AvgIpc) is 3.15. The van der Waals surface area contributed by atoms with Gasteiger partial charge in [-0.15, -0.1) is 0 Å². The minimum atomic E-state index is -0.472. The van der Waals surface area contributed by atoms with Gasteiger partial charge in [0.05, 0.1) is 0 Å². The quantitative estimate of drug-likeness (QED) is 0.853. The Bertz CT molecular complexity index is 467. The molecule has 0 aromatic heterocycles. The van der Waals surface area contributed by atoms with E-state index in [1.165, 1.54) is 0 Å². The summed E-state index contributed by atoms with van der Waals surface area (Å²) < 4.78 is 5.72. The lowest BCUT2D eigenvalue weighted by molar-refractivity contribution is -0.127. The smallest absolute Gasteiger partial charge is 0.260 e. The van der Waals surface area contributed by atoms with Gasteiger partial charge < -0.3 is 15.8 Å². The van der Waals surface area contributed by atoms with Gasteiger partial charge in [-0.2, -0.15) is 0 Å². The van der Waals surface area contributed by atoms with Crippen LogP contribution in [0.4, 0.5) is 0 Å². The fourth-order valence-corrected chi connectivity index (χ4v) is 1.88. The molecule has 0 radical (unpaired) electrons. The topological polar surface area (TPSA) is 64.3 Å². The van der Waals surface area contributed by atoms with Gasteiger partial charge in [0.2, 0.25) is 0 Å². The van der Waals surface area contributed by atoms with Crippen molar-refractivity contribution in [3.63, 3.8) is 0 Å². The number of amides is 1. The van der Waals surface area contributed by atoms with Crippen molar-refractivity contribution in [2.75, 3.05) is 0 Å². The first-order valence-corrected chi connectivity index (χ1v) is 6.80. The summed E-state index contributed by atoms with van der Waals surface area (Å²) in [7, 11) is 0. The molecular weight excluding hydrogens is 240 g/mol. The molecule has 1 unspecified atom stereocenters. The van der Waals surface area contributed by atoms with Crippen LogP contribution in [-0.4, -0.2) is 18.1 Å². The largest absolute Gasteiger partial charge is 0.481 e. The molecule has 1 aliphatic rings. The third kappa shape index (κ3) is 3.70. The second-order valence-corrected chi connectivity index (χ2v) is 5.36. The lowest BCUT2D eigenvalue weighted by atomic mass is 10.1. The molecule has 0 bridgehead atoms. The van der Waals surface area contributed by atoms with E-state index in [9.17, 15) is 4.79 Å². The molecule has 19 heavy (non-hydrogen) atoms. The van der Waals surface area contributed by atoms with Crippen LogP contribution in [0.1, 0.15) is 43.9 Å². The molecule has 1 fully saturated rings. The zero-order valence-corrected chi connectivity index (χ0v) is 11.8. The lowest BCUT2D eigenvalue weighted by Gasteiger charge is -2.17. The van der Waals surface area contributed by atoms with Crippen LogP contribution in [0.2, 0.25) is 0 Å². The maximum absolute atomic E-state index is 11.8. The predicted octanol–water partition coefficient (Wildman–Crippen LogP) is 2.06. The van der Waals surface area contributed by atoms with E-state index in [1.54, 1.807) is 6.92 Å². The van der Waals surface area contributed by atoms with Crippen LogP contribution in [0, 0.1) is 6.92 Å². The molecular formula is C15H22N2O2. The molecule has 0 spiro atoms. The Labute approximate surface area is 114 Å². The molecule has 2 atom stereocenters. The maximum Gasteiger partial charge on any atom is 0.260 e. The van der Waals surface area contributed by atoms with Crippen molar-refractivity contribution in [2.45, 2.75) is 51.8 Å². The second-order valence-electron chi connectivity index (χ2n) is 5.36. The normalized spacial score (nSPS) is 17.7. The van der Waals surface area contributed by atoms with Crippen LogP contribution >= 0.6 is 0 Å². The van der Waals surface area contributed by atoms with Crippen LogP contribution in [0.15, 0.2) is 18.2 Å². The molecule has 0 saturated heterocycles. The van der Waals surface area contributed by atoms with Gasteiger partial charge in [0.1, 0.15) is 5.75 Å². The van der Waals surface area contributed by atoms with Crippen molar-refractivity contribution in [3.05, 3.63) is 29.3 Å². The summed E-state index contributed by atoms with van der Waals surface area (Å²) in [6.07, 6.45) is 1.70. The molecule has 1 aromatic carbocycles. The van der Waals surface area contributed by atoms with Crippen LogP contribution in [0.5, 0.6) is 5.75 Å². The molecule has 1 amide bonds. The van der Waals surface area contributed by atoms with Gasteiger partial charge >= 0.3 is 0 Å². The Morgan fingerprint density at radius 1 is 1.42 bits per heavy atom. The summed E-state index contributed by atoms with van der Waals surface area (Å²) in [5, 5.41) is 2.94. The Morgan fingerprint density at radius 3 is 2.63 bits per heavy atom. The van der Waals surface area contributed by atoms with Gasteiger partial charge in [-0.3, -0.25) is 4.79 Å². The van der Waals surface area contributed by atoms with Gasteiger partial charge in [-0.05, 0) is 50.8 Å². The first-order chi connectivity index (χ1) is 8.97. The van der Waals surface area contributed by atoms with Crippen molar-refractivity contribution >= 4 is 5.91 Å². The van der Waals surface area contributed by atoms with Gasteiger partial charge in [-0.25, -0.2) is 0 Å². The first-order valence-electron chi connectivity index (χ1n) is 6.80. The first kappa shape index (κ1) is 13.9. The fraction of sp³-hybridized carbons (Fsp3) is 0.533. The monoisotopic (exact) mass is 262 g/mol. The Kier molecular flexibility index (Phi) is 4.10. The number of benzene rings is 1. The van der Waals surface area contributed by atoms with E-state index in [4.69, 9.17) is 10.5 Å². The van der Waals surface area contributed by atoms with E-state index >= 15 is 0 Å². The van der Waals surface area contributed by atoms with E-state index < -0.39 is 6.10 Å². The predicted molar refractivity (Wildman–Crippen MR) is 75.0 cm³/mol. The standard InChI is InChI=1S/C15H22N2O2/c1-9-8-12(10(2)16)4-7-14(9)19-11(3)15(18)17-13-5-6-13/h4,7-8,10-11,13H,5-6,16H2,1-3H3,(H,17,18)/t10-,11?/m0/s1. The van der Waals surface area contributed by atoms with Gasteiger partial charge in [-0.1, -0.05) is 12.1 Å². The molecule has 104 valence electrons. The van der Waals surface area contributed by atoms with Crippen LogP contribution in [0.3, 0.4) is 0 Å². The highest BCUT2D eigenvalue weighted by molar-refractivity contribution is 5.81. The summed E-state index contributed by atoms with van der Waals surface area (Å²) in [5.41, 5.74) is 7.91. The van der Waals surface area contributed by atoms with Crippen molar-refractivity contribution < 1.29 is 9.53 Å².